The molecule has 140 valence electrons. The fraction of sp³-hybridized carbons (Fsp3) is 0.650. The number of hydrogen-bond acceptors (Lipinski definition) is 3. The largest absolute Gasteiger partial charge is 0.381 e. The average Bonchev–Trinajstić information content (AvgIpc) is 3.16. The minimum absolute atomic E-state index is 0.298. The van der Waals surface area contributed by atoms with Crippen LogP contribution in [0.1, 0.15) is 38.2 Å². The van der Waals surface area contributed by atoms with Crippen LogP contribution in [0.15, 0.2) is 35.3 Å². The van der Waals surface area contributed by atoms with E-state index in [2.05, 4.69) is 59.8 Å². The molecule has 0 aliphatic carbocycles. The number of aliphatic imine (C=N–C) groups is 1. The first kappa shape index (κ1) is 19.7. The van der Waals surface area contributed by atoms with E-state index in [0.29, 0.717) is 17.9 Å². The van der Waals surface area contributed by atoms with E-state index < -0.39 is 0 Å². The van der Waals surface area contributed by atoms with Crippen molar-refractivity contribution in [3.8, 4) is 0 Å². The normalized spacial score (nSPS) is 20.3. The van der Waals surface area contributed by atoms with Crippen molar-refractivity contribution >= 4 is 5.96 Å². The van der Waals surface area contributed by atoms with E-state index in [1.165, 1.54) is 5.56 Å². The van der Waals surface area contributed by atoms with Gasteiger partial charge in [-0.25, -0.2) is 0 Å². The number of rotatable bonds is 9. The first-order chi connectivity index (χ1) is 12.2. The summed E-state index contributed by atoms with van der Waals surface area (Å²) < 4.78 is 11.1. The Kier molecular flexibility index (Phi) is 8.77. The molecule has 0 bridgehead atoms. The summed E-state index contributed by atoms with van der Waals surface area (Å²) in [7, 11) is 1.81. The Labute approximate surface area is 152 Å². The van der Waals surface area contributed by atoms with Gasteiger partial charge >= 0.3 is 0 Å². The highest BCUT2D eigenvalue weighted by molar-refractivity contribution is 5.80. The van der Waals surface area contributed by atoms with Crippen molar-refractivity contribution < 1.29 is 9.47 Å². The van der Waals surface area contributed by atoms with Gasteiger partial charge in [-0.15, -0.1) is 0 Å². The van der Waals surface area contributed by atoms with Crippen molar-refractivity contribution in [1.29, 1.82) is 0 Å². The summed E-state index contributed by atoms with van der Waals surface area (Å²) in [6.45, 7) is 8.62. The molecule has 5 heteroatoms. The lowest BCUT2D eigenvalue weighted by Crippen LogP contribution is -2.44. The molecule has 1 fully saturated rings. The number of benzene rings is 1. The Hall–Kier alpha value is -1.59. The number of ether oxygens (including phenoxy) is 2. The highest BCUT2D eigenvalue weighted by Crippen LogP contribution is 2.18. The monoisotopic (exact) mass is 347 g/mol. The van der Waals surface area contributed by atoms with Crippen LogP contribution in [0.2, 0.25) is 0 Å². The van der Waals surface area contributed by atoms with Crippen LogP contribution in [-0.4, -0.2) is 52.0 Å². The van der Waals surface area contributed by atoms with E-state index in [0.717, 1.165) is 51.8 Å². The lowest BCUT2D eigenvalue weighted by atomic mass is 9.94. The van der Waals surface area contributed by atoms with Gasteiger partial charge in [0.1, 0.15) is 0 Å². The molecule has 3 unspecified atom stereocenters. The molecule has 1 heterocycles. The summed E-state index contributed by atoms with van der Waals surface area (Å²) in [6.07, 6.45) is 2.10. The fourth-order valence-electron chi connectivity index (χ4n) is 2.93. The van der Waals surface area contributed by atoms with E-state index >= 15 is 0 Å². The predicted molar refractivity (Wildman–Crippen MR) is 103 cm³/mol. The summed E-state index contributed by atoms with van der Waals surface area (Å²) in [5.74, 6) is 1.85. The molecule has 2 rings (SSSR count). The molecule has 0 saturated carbocycles. The zero-order chi connectivity index (χ0) is 17.9. The Morgan fingerprint density at radius 3 is 2.80 bits per heavy atom. The molecule has 0 radical (unpaired) electrons. The van der Waals surface area contributed by atoms with Gasteiger partial charge < -0.3 is 20.1 Å². The Bertz CT molecular complexity index is 501. The van der Waals surface area contributed by atoms with Gasteiger partial charge in [0.2, 0.25) is 0 Å². The topological polar surface area (TPSA) is 54.9 Å². The smallest absolute Gasteiger partial charge is 0.191 e. The molecule has 2 N–H and O–H groups in total. The van der Waals surface area contributed by atoms with E-state index in [1.807, 2.05) is 7.05 Å². The lowest BCUT2D eigenvalue weighted by molar-refractivity contribution is 0.0888. The summed E-state index contributed by atoms with van der Waals surface area (Å²) in [6, 6.07) is 10.9. The van der Waals surface area contributed by atoms with Crippen LogP contribution in [0.3, 0.4) is 0 Å². The van der Waals surface area contributed by atoms with Crippen molar-refractivity contribution in [2.45, 2.75) is 38.6 Å². The second-order valence-electron chi connectivity index (χ2n) is 6.79. The molecule has 3 atom stereocenters. The highest BCUT2D eigenvalue weighted by atomic mass is 16.5. The van der Waals surface area contributed by atoms with Gasteiger partial charge in [-0.1, -0.05) is 37.3 Å². The van der Waals surface area contributed by atoms with Crippen LogP contribution in [0, 0.1) is 5.92 Å². The molecular formula is C20H33N3O2. The SMILES string of the molecule is CN=C(NCCCOCC1CCOC1)NC(C)C(C)c1ccccc1. The second kappa shape index (κ2) is 11.1. The van der Waals surface area contributed by atoms with Crippen LogP contribution in [0.25, 0.3) is 0 Å². The van der Waals surface area contributed by atoms with Crippen LogP contribution in [0.4, 0.5) is 0 Å². The third-order valence-corrected chi connectivity index (χ3v) is 4.80. The standard InChI is InChI=1S/C20H33N3O2/c1-16(19-8-5-4-6-9-19)17(2)23-20(21-3)22-11-7-12-24-14-18-10-13-25-15-18/h4-6,8-9,16-18H,7,10-15H2,1-3H3,(H2,21,22,23). The van der Waals surface area contributed by atoms with Gasteiger partial charge in [0, 0.05) is 44.7 Å². The molecule has 1 aliphatic heterocycles. The summed E-state index contributed by atoms with van der Waals surface area (Å²) in [5, 5.41) is 6.85. The van der Waals surface area contributed by atoms with Gasteiger partial charge in [-0.05, 0) is 25.3 Å². The van der Waals surface area contributed by atoms with Crippen molar-refractivity contribution in [3.63, 3.8) is 0 Å². The lowest BCUT2D eigenvalue weighted by Gasteiger charge is -2.24. The van der Waals surface area contributed by atoms with E-state index in [9.17, 15) is 0 Å². The molecule has 1 aromatic carbocycles. The highest BCUT2D eigenvalue weighted by Gasteiger charge is 2.16. The molecule has 1 saturated heterocycles. The van der Waals surface area contributed by atoms with E-state index in [1.54, 1.807) is 0 Å². The zero-order valence-electron chi connectivity index (χ0n) is 15.8. The van der Waals surface area contributed by atoms with Gasteiger partial charge in [0.15, 0.2) is 5.96 Å². The zero-order valence-corrected chi connectivity index (χ0v) is 15.8. The van der Waals surface area contributed by atoms with Crippen LogP contribution >= 0.6 is 0 Å². The van der Waals surface area contributed by atoms with E-state index in [-0.39, 0.29) is 0 Å². The van der Waals surface area contributed by atoms with Crippen LogP contribution in [-0.2, 0) is 9.47 Å². The summed E-state index contributed by atoms with van der Waals surface area (Å²) in [4.78, 5) is 4.32. The third-order valence-electron chi connectivity index (χ3n) is 4.80. The second-order valence-corrected chi connectivity index (χ2v) is 6.79. The maximum Gasteiger partial charge on any atom is 0.191 e. The molecule has 1 aliphatic rings. The molecular weight excluding hydrogens is 314 g/mol. The fourth-order valence-corrected chi connectivity index (χ4v) is 2.93. The van der Waals surface area contributed by atoms with Gasteiger partial charge in [-0.2, -0.15) is 0 Å². The maximum absolute atomic E-state index is 5.73. The van der Waals surface area contributed by atoms with Crippen molar-refractivity contribution in [2.75, 3.05) is 40.0 Å². The molecule has 25 heavy (non-hydrogen) atoms. The first-order valence-electron chi connectivity index (χ1n) is 9.38. The molecule has 1 aromatic rings. The van der Waals surface area contributed by atoms with Crippen LogP contribution < -0.4 is 10.6 Å². The quantitative estimate of drug-likeness (QED) is 0.410. The number of nitrogens with zero attached hydrogens (tertiary/aromatic N) is 1. The minimum atomic E-state index is 0.298. The summed E-state index contributed by atoms with van der Waals surface area (Å²) in [5.41, 5.74) is 1.34. The van der Waals surface area contributed by atoms with Gasteiger partial charge in [0.05, 0.1) is 13.2 Å². The Balaban J connectivity index is 1.61. The molecule has 5 nitrogen and oxygen atoms in total. The molecule has 0 aromatic heterocycles. The molecule has 0 amide bonds. The van der Waals surface area contributed by atoms with Crippen LogP contribution in [0.5, 0.6) is 0 Å². The predicted octanol–water partition coefficient (Wildman–Crippen LogP) is 2.79. The number of nitrogens with one attached hydrogen (secondary N) is 2. The van der Waals surface area contributed by atoms with Gasteiger partial charge in [0.25, 0.3) is 0 Å². The van der Waals surface area contributed by atoms with E-state index in [4.69, 9.17) is 9.47 Å². The minimum Gasteiger partial charge on any atom is -0.381 e. The third kappa shape index (κ3) is 7.04. The summed E-state index contributed by atoms with van der Waals surface area (Å²) >= 11 is 0. The van der Waals surface area contributed by atoms with Crippen molar-refractivity contribution in [3.05, 3.63) is 35.9 Å². The average molecular weight is 348 g/mol. The Morgan fingerprint density at radius 2 is 2.12 bits per heavy atom. The number of hydrogen-bond donors (Lipinski definition) is 2. The Morgan fingerprint density at radius 1 is 1.32 bits per heavy atom. The van der Waals surface area contributed by atoms with Gasteiger partial charge in [-0.3, -0.25) is 4.99 Å². The van der Waals surface area contributed by atoms with Crippen molar-refractivity contribution in [2.24, 2.45) is 10.9 Å². The maximum atomic E-state index is 5.73. The number of guanidine groups is 1. The molecule has 0 spiro atoms. The van der Waals surface area contributed by atoms with Crippen molar-refractivity contribution in [1.82, 2.24) is 10.6 Å². The first-order valence-corrected chi connectivity index (χ1v) is 9.38.